The highest BCUT2D eigenvalue weighted by Crippen LogP contribution is 2.39. The summed E-state index contributed by atoms with van der Waals surface area (Å²) < 4.78 is 0. The van der Waals surface area contributed by atoms with E-state index in [-0.39, 0.29) is 17.9 Å². The predicted molar refractivity (Wildman–Crippen MR) is 58.3 cm³/mol. The van der Waals surface area contributed by atoms with Crippen molar-refractivity contribution in [1.29, 1.82) is 0 Å². The number of carbonyl (C=O) groups excluding carboxylic acids is 1. The van der Waals surface area contributed by atoms with Gasteiger partial charge in [0.25, 0.3) is 0 Å². The lowest BCUT2D eigenvalue weighted by Crippen LogP contribution is -2.53. The number of carbonyl (C=O) groups is 1. The second-order valence-electron chi connectivity index (χ2n) is 4.22. The fourth-order valence-electron chi connectivity index (χ4n) is 2.01. The third kappa shape index (κ3) is 1.36. The predicted octanol–water partition coefficient (Wildman–Crippen LogP) is 2.50. The number of aryl methyl sites for hydroxylation is 1. The van der Waals surface area contributed by atoms with Crippen molar-refractivity contribution in [2.75, 3.05) is 0 Å². The highest BCUT2D eigenvalue weighted by Gasteiger charge is 2.43. The third-order valence-electron chi connectivity index (χ3n) is 2.86. The molecular formula is C11H15NOS. The Balaban J connectivity index is 2.22. The van der Waals surface area contributed by atoms with Gasteiger partial charge in [-0.15, -0.1) is 11.3 Å². The molecule has 1 aliphatic rings. The van der Waals surface area contributed by atoms with Crippen LogP contribution in [0.5, 0.6) is 0 Å². The summed E-state index contributed by atoms with van der Waals surface area (Å²) in [5, 5.41) is 5.08. The van der Waals surface area contributed by atoms with E-state index in [1.165, 1.54) is 10.4 Å². The lowest BCUT2D eigenvalue weighted by Gasteiger charge is -2.39. The van der Waals surface area contributed by atoms with Gasteiger partial charge in [-0.3, -0.25) is 4.79 Å². The number of hydrogen-bond donors (Lipinski definition) is 1. The molecule has 1 aliphatic heterocycles. The van der Waals surface area contributed by atoms with Crippen molar-refractivity contribution >= 4 is 17.2 Å². The summed E-state index contributed by atoms with van der Waals surface area (Å²) in [4.78, 5) is 12.7. The van der Waals surface area contributed by atoms with Gasteiger partial charge in [-0.05, 0) is 29.9 Å². The van der Waals surface area contributed by atoms with E-state index in [0.29, 0.717) is 5.92 Å². The number of amides is 1. The normalized spacial score (nSPS) is 26.1. The quantitative estimate of drug-likeness (QED) is 0.745. The lowest BCUT2D eigenvalue weighted by atomic mass is 9.80. The molecule has 2 nitrogen and oxygen atoms in total. The van der Waals surface area contributed by atoms with E-state index in [9.17, 15) is 4.79 Å². The number of rotatable bonds is 2. The molecule has 3 heteroatoms. The van der Waals surface area contributed by atoms with Crippen LogP contribution in [0.1, 0.15) is 30.3 Å². The first-order valence-electron chi connectivity index (χ1n) is 4.95. The monoisotopic (exact) mass is 209 g/mol. The number of nitrogens with one attached hydrogen (secondary N) is 1. The summed E-state index contributed by atoms with van der Waals surface area (Å²) in [6.45, 7) is 6.33. The number of hydrogen-bond acceptors (Lipinski definition) is 2. The van der Waals surface area contributed by atoms with E-state index in [1.54, 1.807) is 11.3 Å². The maximum atomic E-state index is 11.4. The molecule has 1 N–H and O–H groups in total. The Morgan fingerprint density at radius 2 is 2.21 bits per heavy atom. The van der Waals surface area contributed by atoms with Gasteiger partial charge in [-0.25, -0.2) is 0 Å². The van der Waals surface area contributed by atoms with E-state index < -0.39 is 0 Å². The lowest BCUT2D eigenvalue weighted by molar-refractivity contribution is -0.137. The minimum atomic E-state index is 0.173. The Morgan fingerprint density at radius 1 is 1.50 bits per heavy atom. The molecule has 0 radical (unpaired) electrons. The molecule has 1 saturated heterocycles. The van der Waals surface area contributed by atoms with Crippen LogP contribution in [0.15, 0.2) is 11.4 Å². The summed E-state index contributed by atoms with van der Waals surface area (Å²) in [6.07, 6.45) is 0. The first kappa shape index (κ1) is 9.71. The zero-order chi connectivity index (χ0) is 10.3. The number of thiophene rings is 1. The van der Waals surface area contributed by atoms with Gasteiger partial charge in [0.15, 0.2) is 0 Å². The van der Waals surface area contributed by atoms with E-state index in [1.807, 2.05) is 0 Å². The summed E-state index contributed by atoms with van der Waals surface area (Å²) in [5.74, 6) is 0.806. The first-order valence-corrected chi connectivity index (χ1v) is 5.83. The summed E-state index contributed by atoms with van der Waals surface area (Å²) >= 11 is 1.74. The van der Waals surface area contributed by atoms with Gasteiger partial charge in [0.05, 0.1) is 12.0 Å². The molecule has 1 fully saturated rings. The molecule has 1 amide bonds. The van der Waals surface area contributed by atoms with Gasteiger partial charge in [0.1, 0.15) is 0 Å². The van der Waals surface area contributed by atoms with Crippen LogP contribution in [0, 0.1) is 18.8 Å². The maximum Gasteiger partial charge on any atom is 0.226 e. The second kappa shape index (κ2) is 3.39. The average molecular weight is 209 g/mol. The standard InChI is InChI=1S/C11H15NOS/c1-6(2)8-9(12-11(8)13)10-7(3)4-5-14-10/h4-6,8-9H,1-3H3,(H,12,13). The molecule has 0 saturated carbocycles. The second-order valence-corrected chi connectivity index (χ2v) is 5.17. The van der Waals surface area contributed by atoms with Crippen LogP contribution in [0.25, 0.3) is 0 Å². The van der Waals surface area contributed by atoms with Crippen molar-refractivity contribution in [3.8, 4) is 0 Å². The van der Waals surface area contributed by atoms with E-state index in [0.717, 1.165) is 0 Å². The molecule has 1 aromatic rings. The molecule has 2 heterocycles. The molecule has 0 spiro atoms. The minimum Gasteiger partial charge on any atom is -0.347 e. The molecule has 14 heavy (non-hydrogen) atoms. The van der Waals surface area contributed by atoms with Crippen LogP contribution in [0.4, 0.5) is 0 Å². The van der Waals surface area contributed by atoms with Crippen LogP contribution in [-0.4, -0.2) is 5.91 Å². The smallest absolute Gasteiger partial charge is 0.226 e. The third-order valence-corrected chi connectivity index (χ3v) is 3.96. The van der Waals surface area contributed by atoms with E-state index >= 15 is 0 Å². The van der Waals surface area contributed by atoms with Crippen molar-refractivity contribution in [2.45, 2.75) is 26.8 Å². The van der Waals surface area contributed by atoms with E-state index in [2.05, 4.69) is 37.5 Å². The van der Waals surface area contributed by atoms with Crippen molar-refractivity contribution in [3.05, 3.63) is 21.9 Å². The van der Waals surface area contributed by atoms with Crippen LogP contribution in [0.3, 0.4) is 0 Å². The minimum absolute atomic E-state index is 0.173. The zero-order valence-electron chi connectivity index (χ0n) is 8.70. The Kier molecular flexibility index (Phi) is 2.35. The molecule has 0 bridgehead atoms. The molecule has 76 valence electrons. The molecule has 2 unspecified atom stereocenters. The van der Waals surface area contributed by atoms with Gasteiger partial charge >= 0.3 is 0 Å². The highest BCUT2D eigenvalue weighted by molar-refractivity contribution is 7.10. The first-order chi connectivity index (χ1) is 6.61. The van der Waals surface area contributed by atoms with Gasteiger partial charge in [0, 0.05) is 4.88 Å². The molecule has 2 rings (SSSR count). The van der Waals surface area contributed by atoms with Crippen molar-refractivity contribution in [1.82, 2.24) is 5.32 Å². The van der Waals surface area contributed by atoms with Crippen molar-refractivity contribution < 1.29 is 4.79 Å². The fraction of sp³-hybridized carbons (Fsp3) is 0.545. The summed E-state index contributed by atoms with van der Waals surface area (Å²) in [6, 6.07) is 2.38. The van der Waals surface area contributed by atoms with Gasteiger partial charge in [0.2, 0.25) is 5.91 Å². The van der Waals surface area contributed by atoms with E-state index in [4.69, 9.17) is 0 Å². The van der Waals surface area contributed by atoms with Gasteiger partial charge in [-0.1, -0.05) is 13.8 Å². The maximum absolute atomic E-state index is 11.4. The van der Waals surface area contributed by atoms with Crippen LogP contribution >= 0.6 is 11.3 Å². The average Bonchev–Trinajstić information content (AvgIpc) is 2.45. The Bertz CT molecular complexity index is 356. The van der Waals surface area contributed by atoms with Crippen LogP contribution in [-0.2, 0) is 4.79 Å². The van der Waals surface area contributed by atoms with Crippen LogP contribution < -0.4 is 5.32 Å². The molecule has 2 atom stereocenters. The van der Waals surface area contributed by atoms with Crippen LogP contribution in [0.2, 0.25) is 0 Å². The number of β-lactam (4-membered cyclic amide) rings is 1. The SMILES string of the molecule is Cc1ccsc1C1NC(=O)C1C(C)C. The molecule has 0 aromatic carbocycles. The van der Waals surface area contributed by atoms with Gasteiger partial charge < -0.3 is 5.32 Å². The molecule has 0 aliphatic carbocycles. The zero-order valence-corrected chi connectivity index (χ0v) is 9.52. The summed E-state index contributed by atoms with van der Waals surface area (Å²) in [5.41, 5.74) is 1.30. The van der Waals surface area contributed by atoms with Crippen molar-refractivity contribution in [3.63, 3.8) is 0 Å². The molecular weight excluding hydrogens is 194 g/mol. The highest BCUT2D eigenvalue weighted by atomic mass is 32.1. The largest absolute Gasteiger partial charge is 0.347 e. The van der Waals surface area contributed by atoms with Gasteiger partial charge in [-0.2, -0.15) is 0 Å². The Morgan fingerprint density at radius 3 is 2.64 bits per heavy atom. The fourth-order valence-corrected chi connectivity index (χ4v) is 3.04. The van der Waals surface area contributed by atoms with Crippen molar-refractivity contribution in [2.24, 2.45) is 11.8 Å². The Hall–Kier alpha value is -0.830. The summed E-state index contributed by atoms with van der Waals surface area (Å²) in [7, 11) is 0. The molecule has 1 aromatic heterocycles. The topological polar surface area (TPSA) is 29.1 Å². The Labute approximate surface area is 88.3 Å².